The minimum absolute atomic E-state index is 0.262. The molecular formula is C22H24N4O3. The van der Waals surface area contributed by atoms with Gasteiger partial charge in [0.1, 0.15) is 28.8 Å². The van der Waals surface area contributed by atoms with Crippen molar-refractivity contribution < 1.29 is 14.3 Å². The quantitative estimate of drug-likeness (QED) is 0.636. The molecule has 1 aromatic heterocycles. The SMILES string of the molecule is COc1ccc(Nc2cc(C(=O)NCc3cccc(C)c3)nc(C)n2)c(OC)c1. The third-order valence-corrected chi connectivity index (χ3v) is 4.28. The van der Waals surface area contributed by atoms with Crippen LogP contribution in [0.1, 0.15) is 27.4 Å². The Hall–Kier alpha value is -3.61. The maximum absolute atomic E-state index is 12.6. The van der Waals surface area contributed by atoms with Crippen molar-refractivity contribution in [2.45, 2.75) is 20.4 Å². The van der Waals surface area contributed by atoms with Crippen LogP contribution in [0, 0.1) is 13.8 Å². The number of anilines is 2. The number of rotatable bonds is 7. The first-order valence-electron chi connectivity index (χ1n) is 9.17. The summed E-state index contributed by atoms with van der Waals surface area (Å²) in [5, 5.41) is 6.08. The fourth-order valence-corrected chi connectivity index (χ4v) is 2.88. The number of aryl methyl sites for hydroxylation is 2. The van der Waals surface area contributed by atoms with Crippen LogP contribution in [0.2, 0.25) is 0 Å². The summed E-state index contributed by atoms with van der Waals surface area (Å²) in [5.74, 6) is 2.01. The largest absolute Gasteiger partial charge is 0.497 e. The number of methoxy groups -OCH3 is 2. The van der Waals surface area contributed by atoms with Gasteiger partial charge in [0.15, 0.2) is 0 Å². The highest BCUT2D eigenvalue weighted by molar-refractivity contribution is 5.93. The minimum Gasteiger partial charge on any atom is -0.497 e. The van der Waals surface area contributed by atoms with Crippen molar-refractivity contribution in [3.05, 3.63) is 71.2 Å². The predicted molar refractivity (Wildman–Crippen MR) is 112 cm³/mol. The van der Waals surface area contributed by atoms with E-state index < -0.39 is 0 Å². The van der Waals surface area contributed by atoms with E-state index in [1.807, 2.05) is 43.3 Å². The average Bonchev–Trinajstić information content (AvgIpc) is 2.72. The van der Waals surface area contributed by atoms with Crippen LogP contribution in [-0.4, -0.2) is 30.1 Å². The van der Waals surface area contributed by atoms with Crippen LogP contribution in [0.4, 0.5) is 11.5 Å². The molecule has 7 nitrogen and oxygen atoms in total. The molecular weight excluding hydrogens is 368 g/mol. The highest BCUT2D eigenvalue weighted by Crippen LogP contribution is 2.31. The molecule has 0 spiro atoms. The standard InChI is InChI=1S/C22H24N4O3/c1-14-6-5-7-16(10-14)13-23-22(27)19-12-21(25-15(2)24-19)26-18-9-8-17(28-3)11-20(18)29-4/h5-12H,13H2,1-4H3,(H,23,27)(H,24,25,26). The van der Waals surface area contributed by atoms with E-state index in [1.54, 1.807) is 33.3 Å². The first-order chi connectivity index (χ1) is 14.0. The molecule has 3 rings (SSSR count). The molecule has 29 heavy (non-hydrogen) atoms. The Morgan fingerprint density at radius 2 is 1.83 bits per heavy atom. The lowest BCUT2D eigenvalue weighted by Gasteiger charge is -2.13. The van der Waals surface area contributed by atoms with Gasteiger partial charge in [-0.25, -0.2) is 9.97 Å². The fourth-order valence-electron chi connectivity index (χ4n) is 2.88. The van der Waals surface area contributed by atoms with Crippen molar-refractivity contribution in [1.82, 2.24) is 15.3 Å². The van der Waals surface area contributed by atoms with E-state index in [0.717, 1.165) is 11.1 Å². The lowest BCUT2D eigenvalue weighted by atomic mass is 10.1. The summed E-state index contributed by atoms with van der Waals surface area (Å²) in [6.45, 7) is 4.19. The molecule has 3 aromatic rings. The van der Waals surface area contributed by atoms with E-state index >= 15 is 0 Å². The number of amides is 1. The van der Waals surface area contributed by atoms with Crippen molar-refractivity contribution >= 4 is 17.4 Å². The normalized spacial score (nSPS) is 10.3. The lowest BCUT2D eigenvalue weighted by Crippen LogP contribution is -2.24. The number of carbonyl (C=O) groups is 1. The number of nitrogens with zero attached hydrogens (tertiary/aromatic N) is 2. The molecule has 0 aliphatic heterocycles. The second-order valence-electron chi connectivity index (χ2n) is 6.55. The number of hydrogen-bond acceptors (Lipinski definition) is 6. The number of benzene rings is 2. The van der Waals surface area contributed by atoms with Crippen molar-refractivity contribution in [3.8, 4) is 11.5 Å². The molecule has 1 amide bonds. The van der Waals surface area contributed by atoms with Gasteiger partial charge in [0.2, 0.25) is 0 Å². The van der Waals surface area contributed by atoms with Gasteiger partial charge < -0.3 is 20.1 Å². The second-order valence-corrected chi connectivity index (χ2v) is 6.55. The summed E-state index contributed by atoms with van der Waals surface area (Å²) in [7, 11) is 3.17. The summed E-state index contributed by atoms with van der Waals surface area (Å²) in [4.78, 5) is 21.2. The molecule has 150 valence electrons. The Morgan fingerprint density at radius 3 is 2.55 bits per heavy atom. The van der Waals surface area contributed by atoms with Gasteiger partial charge >= 0.3 is 0 Å². The average molecular weight is 392 g/mol. The number of aromatic nitrogens is 2. The Labute approximate surface area is 170 Å². The Kier molecular flexibility index (Phi) is 6.29. The smallest absolute Gasteiger partial charge is 0.270 e. The summed E-state index contributed by atoms with van der Waals surface area (Å²) >= 11 is 0. The zero-order valence-corrected chi connectivity index (χ0v) is 16.9. The van der Waals surface area contributed by atoms with Gasteiger partial charge in [0, 0.05) is 18.7 Å². The Bertz CT molecular complexity index is 1020. The molecule has 0 aliphatic carbocycles. The van der Waals surface area contributed by atoms with Crippen LogP contribution in [-0.2, 0) is 6.54 Å². The molecule has 0 atom stereocenters. The van der Waals surface area contributed by atoms with Crippen LogP contribution < -0.4 is 20.1 Å². The van der Waals surface area contributed by atoms with Gasteiger partial charge in [-0.15, -0.1) is 0 Å². The second kappa shape index (κ2) is 9.05. The van der Waals surface area contributed by atoms with E-state index in [2.05, 4.69) is 20.6 Å². The molecule has 0 aliphatic rings. The Balaban J connectivity index is 1.76. The van der Waals surface area contributed by atoms with Gasteiger partial charge in [0.25, 0.3) is 5.91 Å². The molecule has 2 N–H and O–H groups in total. The van der Waals surface area contributed by atoms with Gasteiger partial charge in [-0.1, -0.05) is 29.8 Å². The van der Waals surface area contributed by atoms with Crippen molar-refractivity contribution in [3.63, 3.8) is 0 Å². The lowest BCUT2D eigenvalue weighted by molar-refractivity contribution is 0.0945. The van der Waals surface area contributed by atoms with Gasteiger partial charge in [-0.05, 0) is 31.5 Å². The topological polar surface area (TPSA) is 85.4 Å². The van der Waals surface area contributed by atoms with Crippen LogP contribution in [0.15, 0.2) is 48.5 Å². The maximum Gasteiger partial charge on any atom is 0.270 e. The number of ether oxygens (including phenoxy) is 2. The fraction of sp³-hybridized carbons (Fsp3) is 0.227. The summed E-state index contributed by atoms with van der Waals surface area (Å²) < 4.78 is 10.6. The van der Waals surface area contributed by atoms with Gasteiger partial charge in [-0.2, -0.15) is 0 Å². The summed E-state index contributed by atoms with van der Waals surface area (Å²) in [6, 6.07) is 15.0. The van der Waals surface area contributed by atoms with Crippen LogP contribution in [0.25, 0.3) is 0 Å². The van der Waals surface area contributed by atoms with Crippen LogP contribution >= 0.6 is 0 Å². The highest BCUT2D eigenvalue weighted by atomic mass is 16.5. The van der Waals surface area contributed by atoms with E-state index in [9.17, 15) is 4.79 Å². The molecule has 0 unspecified atom stereocenters. The molecule has 2 aromatic carbocycles. The molecule has 0 saturated heterocycles. The van der Waals surface area contributed by atoms with E-state index in [-0.39, 0.29) is 5.91 Å². The van der Waals surface area contributed by atoms with Gasteiger partial charge in [-0.3, -0.25) is 4.79 Å². The third-order valence-electron chi connectivity index (χ3n) is 4.28. The van der Waals surface area contributed by atoms with Crippen LogP contribution in [0.5, 0.6) is 11.5 Å². The molecule has 1 heterocycles. The third kappa shape index (κ3) is 5.22. The molecule has 0 saturated carbocycles. The van der Waals surface area contributed by atoms with Crippen molar-refractivity contribution in [2.24, 2.45) is 0 Å². The first-order valence-corrected chi connectivity index (χ1v) is 9.17. The zero-order chi connectivity index (χ0) is 20.8. The van der Waals surface area contributed by atoms with Crippen molar-refractivity contribution in [1.29, 1.82) is 0 Å². The van der Waals surface area contributed by atoms with E-state index in [1.165, 1.54) is 0 Å². The molecule has 0 radical (unpaired) electrons. The minimum atomic E-state index is -0.262. The summed E-state index contributed by atoms with van der Waals surface area (Å²) in [5.41, 5.74) is 3.18. The predicted octanol–water partition coefficient (Wildman–Crippen LogP) is 3.78. The van der Waals surface area contributed by atoms with Crippen molar-refractivity contribution in [2.75, 3.05) is 19.5 Å². The number of carbonyl (C=O) groups excluding carboxylic acids is 1. The van der Waals surface area contributed by atoms with E-state index in [0.29, 0.717) is 41.1 Å². The maximum atomic E-state index is 12.6. The van der Waals surface area contributed by atoms with Crippen LogP contribution in [0.3, 0.4) is 0 Å². The molecule has 7 heteroatoms. The first kappa shape index (κ1) is 20.1. The van der Waals surface area contributed by atoms with E-state index in [4.69, 9.17) is 9.47 Å². The monoisotopic (exact) mass is 392 g/mol. The zero-order valence-electron chi connectivity index (χ0n) is 16.9. The summed E-state index contributed by atoms with van der Waals surface area (Å²) in [6.07, 6.45) is 0. The Morgan fingerprint density at radius 1 is 1.00 bits per heavy atom. The van der Waals surface area contributed by atoms with Gasteiger partial charge in [0.05, 0.1) is 19.9 Å². The number of nitrogens with one attached hydrogen (secondary N) is 2. The molecule has 0 fully saturated rings. The molecule has 0 bridgehead atoms. The number of hydrogen-bond donors (Lipinski definition) is 2. The highest BCUT2D eigenvalue weighted by Gasteiger charge is 2.12.